The molecule has 8 heteroatoms. The number of urea groups is 1. The number of aliphatic carboxylic acids is 1. The van der Waals surface area contributed by atoms with Crippen LogP contribution in [0.5, 0.6) is 0 Å². The standard InChI is InChI=1S/C11H19N5O3/c1-4-11(5-2,9(17)18)14-10(19)12-6-8-13-7-16(3)15-8/h7H,4-6H2,1-3H3,(H,17,18)(H2,12,14,19). The summed E-state index contributed by atoms with van der Waals surface area (Å²) in [5.41, 5.74) is -1.23. The number of carbonyl (C=O) groups excluding carboxylic acids is 1. The van der Waals surface area contributed by atoms with Gasteiger partial charge in [-0.2, -0.15) is 5.10 Å². The summed E-state index contributed by atoms with van der Waals surface area (Å²) < 4.78 is 1.52. The van der Waals surface area contributed by atoms with E-state index in [2.05, 4.69) is 20.7 Å². The highest BCUT2D eigenvalue weighted by molar-refractivity contribution is 5.86. The lowest BCUT2D eigenvalue weighted by molar-refractivity contribution is -0.144. The van der Waals surface area contributed by atoms with Crippen molar-refractivity contribution in [3.05, 3.63) is 12.2 Å². The summed E-state index contributed by atoms with van der Waals surface area (Å²) in [6, 6.07) is -0.543. The molecule has 0 aliphatic carbocycles. The molecule has 0 spiro atoms. The van der Waals surface area contributed by atoms with E-state index in [0.29, 0.717) is 18.7 Å². The van der Waals surface area contributed by atoms with E-state index in [1.54, 1.807) is 20.9 Å². The van der Waals surface area contributed by atoms with Crippen LogP contribution in [0.3, 0.4) is 0 Å². The lowest BCUT2D eigenvalue weighted by Crippen LogP contribution is -2.56. The number of hydrogen-bond acceptors (Lipinski definition) is 4. The van der Waals surface area contributed by atoms with Gasteiger partial charge in [-0.05, 0) is 12.8 Å². The van der Waals surface area contributed by atoms with Crippen molar-refractivity contribution in [2.45, 2.75) is 38.8 Å². The molecule has 3 N–H and O–H groups in total. The molecule has 0 atom stereocenters. The number of hydrogen-bond donors (Lipinski definition) is 3. The van der Waals surface area contributed by atoms with Crippen LogP contribution < -0.4 is 10.6 Å². The zero-order valence-electron chi connectivity index (χ0n) is 11.3. The second kappa shape index (κ2) is 6.17. The fourth-order valence-corrected chi connectivity index (χ4v) is 1.67. The lowest BCUT2D eigenvalue weighted by Gasteiger charge is -2.27. The van der Waals surface area contributed by atoms with Crippen molar-refractivity contribution in [2.24, 2.45) is 7.05 Å². The van der Waals surface area contributed by atoms with Crippen LogP contribution in [0.1, 0.15) is 32.5 Å². The predicted molar refractivity (Wildman–Crippen MR) is 67.3 cm³/mol. The molecule has 0 bridgehead atoms. The first-order chi connectivity index (χ1) is 8.93. The topological polar surface area (TPSA) is 109 Å². The van der Waals surface area contributed by atoms with Gasteiger partial charge in [0.05, 0.1) is 6.54 Å². The number of amides is 2. The SMILES string of the molecule is CCC(CC)(NC(=O)NCc1ncn(C)n1)C(=O)O. The number of carbonyl (C=O) groups is 2. The van der Waals surface area contributed by atoms with Gasteiger partial charge in [-0.15, -0.1) is 0 Å². The fraction of sp³-hybridized carbons (Fsp3) is 0.636. The zero-order valence-corrected chi connectivity index (χ0v) is 11.3. The van der Waals surface area contributed by atoms with Crippen molar-refractivity contribution >= 4 is 12.0 Å². The van der Waals surface area contributed by atoms with Gasteiger partial charge in [0.2, 0.25) is 0 Å². The van der Waals surface area contributed by atoms with E-state index in [4.69, 9.17) is 0 Å². The zero-order chi connectivity index (χ0) is 14.5. The molecule has 0 saturated heterocycles. The smallest absolute Gasteiger partial charge is 0.329 e. The third-order valence-corrected chi connectivity index (χ3v) is 3.02. The molecule has 0 aliphatic rings. The highest BCUT2D eigenvalue weighted by atomic mass is 16.4. The van der Waals surface area contributed by atoms with Gasteiger partial charge < -0.3 is 15.7 Å². The summed E-state index contributed by atoms with van der Waals surface area (Å²) in [5, 5.41) is 18.2. The maximum atomic E-state index is 11.7. The molecular formula is C11H19N5O3. The van der Waals surface area contributed by atoms with Gasteiger partial charge in [0.25, 0.3) is 0 Å². The number of carboxylic acids is 1. The molecule has 8 nitrogen and oxygen atoms in total. The van der Waals surface area contributed by atoms with E-state index in [1.165, 1.54) is 11.0 Å². The Morgan fingerprint density at radius 2 is 2.05 bits per heavy atom. The Kier molecular flexibility index (Phi) is 4.85. The monoisotopic (exact) mass is 269 g/mol. The molecule has 0 radical (unpaired) electrons. The number of aryl methyl sites for hydroxylation is 1. The van der Waals surface area contributed by atoms with Crippen molar-refractivity contribution in [1.82, 2.24) is 25.4 Å². The van der Waals surface area contributed by atoms with Gasteiger partial charge in [-0.3, -0.25) is 4.68 Å². The van der Waals surface area contributed by atoms with Crippen LogP contribution in [0.4, 0.5) is 4.79 Å². The van der Waals surface area contributed by atoms with Gasteiger partial charge in [0, 0.05) is 7.05 Å². The average molecular weight is 269 g/mol. The minimum Gasteiger partial charge on any atom is -0.480 e. The quantitative estimate of drug-likeness (QED) is 0.686. The molecule has 1 heterocycles. The first-order valence-electron chi connectivity index (χ1n) is 6.07. The summed E-state index contributed by atoms with van der Waals surface area (Å²) in [6.07, 6.45) is 2.15. The Labute approximate surface area is 111 Å². The Bertz CT molecular complexity index is 453. The van der Waals surface area contributed by atoms with Crippen LogP contribution in [0.25, 0.3) is 0 Å². The van der Waals surface area contributed by atoms with Crippen LogP contribution >= 0.6 is 0 Å². The first kappa shape index (κ1) is 14.9. The van der Waals surface area contributed by atoms with Gasteiger partial charge in [-0.25, -0.2) is 14.6 Å². The van der Waals surface area contributed by atoms with Crippen LogP contribution in [-0.4, -0.2) is 37.4 Å². The largest absolute Gasteiger partial charge is 0.480 e. The maximum Gasteiger partial charge on any atom is 0.329 e. The molecule has 2 amide bonds. The number of nitrogens with zero attached hydrogens (tertiary/aromatic N) is 3. The third-order valence-electron chi connectivity index (χ3n) is 3.02. The van der Waals surface area contributed by atoms with Crippen LogP contribution in [0, 0.1) is 0 Å². The van der Waals surface area contributed by atoms with Crippen LogP contribution in [0.2, 0.25) is 0 Å². The van der Waals surface area contributed by atoms with Crippen molar-refractivity contribution < 1.29 is 14.7 Å². The Morgan fingerprint density at radius 3 is 2.47 bits per heavy atom. The van der Waals surface area contributed by atoms with Gasteiger partial charge >= 0.3 is 12.0 Å². The van der Waals surface area contributed by atoms with Crippen molar-refractivity contribution in [3.63, 3.8) is 0 Å². The first-order valence-corrected chi connectivity index (χ1v) is 6.07. The highest BCUT2D eigenvalue weighted by Crippen LogP contribution is 2.15. The van der Waals surface area contributed by atoms with Crippen molar-refractivity contribution in [2.75, 3.05) is 0 Å². The van der Waals surface area contributed by atoms with Crippen LogP contribution in [-0.2, 0) is 18.4 Å². The van der Waals surface area contributed by atoms with Gasteiger partial charge in [0.15, 0.2) is 5.82 Å². The molecule has 1 aromatic rings. The molecule has 0 unspecified atom stereocenters. The minimum atomic E-state index is -1.23. The molecule has 0 aliphatic heterocycles. The fourth-order valence-electron chi connectivity index (χ4n) is 1.67. The van der Waals surface area contributed by atoms with E-state index < -0.39 is 17.5 Å². The summed E-state index contributed by atoms with van der Waals surface area (Å²) >= 11 is 0. The molecule has 1 aromatic heterocycles. The van der Waals surface area contributed by atoms with Crippen LogP contribution in [0.15, 0.2) is 6.33 Å². The predicted octanol–water partition coefficient (Wildman–Crippen LogP) is 0.258. The Morgan fingerprint density at radius 1 is 1.42 bits per heavy atom. The van der Waals surface area contributed by atoms with Gasteiger partial charge in [0.1, 0.15) is 11.9 Å². The molecule has 1 rings (SSSR count). The molecule has 19 heavy (non-hydrogen) atoms. The van der Waals surface area contributed by atoms with Crippen molar-refractivity contribution in [1.29, 1.82) is 0 Å². The molecule has 106 valence electrons. The molecule has 0 saturated carbocycles. The molecule has 0 fully saturated rings. The normalized spacial score (nSPS) is 11.1. The maximum absolute atomic E-state index is 11.7. The Balaban J connectivity index is 2.56. The number of carboxylic acid groups (broad SMARTS) is 1. The van der Waals surface area contributed by atoms with E-state index in [1.807, 2.05) is 0 Å². The van der Waals surface area contributed by atoms with E-state index >= 15 is 0 Å². The summed E-state index contributed by atoms with van der Waals surface area (Å²) in [5.74, 6) is -0.574. The number of nitrogens with one attached hydrogen (secondary N) is 2. The number of aromatic nitrogens is 3. The molecule has 0 aromatic carbocycles. The minimum absolute atomic E-state index is 0.149. The van der Waals surface area contributed by atoms with Crippen molar-refractivity contribution in [3.8, 4) is 0 Å². The summed E-state index contributed by atoms with van der Waals surface area (Å²) in [6.45, 7) is 3.59. The summed E-state index contributed by atoms with van der Waals surface area (Å²) in [4.78, 5) is 26.9. The second-order valence-electron chi connectivity index (χ2n) is 4.24. The average Bonchev–Trinajstić information content (AvgIpc) is 2.79. The Hall–Kier alpha value is -2.12. The second-order valence-corrected chi connectivity index (χ2v) is 4.24. The van der Waals surface area contributed by atoms with Gasteiger partial charge in [-0.1, -0.05) is 13.8 Å². The van der Waals surface area contributed by atoms with E-state index in [0.717, 1.165) is 0 Å². The lowest BCUT2D eigenvalue weighted by atomic mass is 9.93. The number of rotatable bonds is 6. The van der Waals surface area contributed by atoms with E-state index in [-0.39, 0.29) is 6.54 Å². The third kappa shape index (κ3) is 3.67. The molecular weight excluding hydrogens is 250 g/mol. The van der Waals surface area contributed by atoms with E-state index in [9.17, 15) is 14.7 Å². The highest BCUT2D eigenvalue weighted by Gasteiger charge is 2.36. The summed E-state index contributed by atoms with van der Waals surface area (Å²) in [7, 11) is 1.72.